The molecule has 1 amide bonds. The molecule has 3 rings (SSSR count). The first kappa shape index (κ1) is 19.7. The van der Waals surface area contributed by atoms with Gasteiger partial charge in [-0.1, -0.05) is 0 Å². The SMILES string of the molecule is Cc1cc([N+](=O)[O-])cc(S(=O)(=O)N2CCCC(N3CCNCC3=O)C2)c1C. The summed E-state index contributed by atoms with van der Waals surface area (Å²) in [6, 6.07) is 2.35. The fourth-order valence-electron chi connectivity index (χ4n) is 3.72. The predicted octanol–water partition coefficient (Wildman–Crippen LogP) is 0.797. The number of piperidine rings is 1. The van der Waals surface area contributed by atoms with Crippen LogP contribution in [0, 0.1) is 24.0 Å². The average Bonchev–Trinajstić information content (AvgIpc) is 2.64. The second kappa shape index (κ2) is 7.53. The predicted molar refractivity (Wildman–Crippen MR) is 98.9 cm³/mol. The van der Waals surface area contributed by atoms with Gasteiger partial charge >= 0.3 is 0 Å². The maximum absolute atomic E-state index is 13.2. The first-order chi connectivity index (χ1) is 12.7. The third kappa shape index (κ3) is 3.83. The standard InChI is InChI=1S/C17H24N4O5S/c1-12-8-15(21(23)24)9-16(13(12)2)27(25,26)19-6-3-4-14(11-19)20-7-5-18-10-17(20)22/h8-9,14,18H,3-7,10-11H2,1-2H3. The second-order valence-electron chi connectivity index (χ2n) is 7.07. The Morgan fingerprint density at radius 1 is 1.26 bits per heavy atom. The van der Waals surface area contributed by atoms with E-state index in [1.54, 1.807) is 18.7 Å². The van der Waals surface area contributed by atoms with Crippen molar-refractivity contribution in [2.75, 3.05) is 32.7 Å². The number of nitro groups is 1. The lowest BCUT2D eigenvalue weighted by Gasteiger charge is -2.40. The van der Waals surface area contributed by atoms with Crippen LogP contribution in [0.1, 0.15) is 24.0 Å². The van der Waals surface area contributed by atoms with Crippen molar-refractivity contribution in [2.24, 2.45) is 0 Å². The van der Waals surface area contributed by atoms with Crippen LogP contribution >= 0.6 is 0 Å². The molecular formula is C17H24N4O5S. The van der Waals surface area contributed by atoms with Crippen molar-refractivity contribution in [3.8, 4) is 0 Å². The number of nitro benzene ring substituents is 1. The number of carbonyl (C=O) groups is 1. The number of sulfonamides is 1. The number of nitrogens with one attached hydrogen (secondary N) is 1. The van der Waals surface area contributed by atoms with Crippen molar-refractivity contribution >= 4 is 21.6 Å². The smallest absolute Gasteiger partial charge is 0.271 e. The average molecular weight is 396 g/mol. The lowest BCUT2D eigenvalue weighted by Crippen LogP contribution is -2.57. The van der Waals surface area contributed by atoms with Gasteiger partial charge in [0.2, 0.25) is 15.9 Å². The fraction of sp³-hybridized carbons (Fsp3) is 0.588. The molecule has 0 aliphatic carbocycles. The molecule has 2 saturated heterocycles. The van der Waals surface area contributed by atoms with Crippen LogP contribution in [-0.2, 0) is 14.8 Å². The number of aryl methyl sites for hydroxylation is 1. The van der Waals surface area contributed by atoms with Crippen LogP contribution in [0.5, 0.6) is 0 Å². The fourth-order valence-corrected chi connectivity index (χ4v) is 5.56. The van der Waals surface area contributed by atoms with E-state index in [4.69, 9.17) is 0 Å². The molecule has 0 bridgehead atoms. The van der Waals surface area contributed by atoms with Gasteiger partial charge in [-0.05, 0) is 37.8 Å². The Bertz CT molecular complexity index is 870. The van der Waals surface area contributed by atoms with Crippen LogP contribution in [0.2, 0.25) is 0 Å². The number of rotatable bonds is 4. The molecule has 0 aromatic heterocycles. The van der Waals surface area contributed by atoms with Gasteiger partial charge < -0.3 is 10.2 Å². The molecule has 27 heavy (non-hydrogen) atoms. The van der Waals surface area contributed by atoms with Gasteiger partial charge in [-0.2, -0.15) is 4.31 Å². The molecule has 0 spiro atoms. The van der Waals surface area contributed by atoms with Crippen LogP contribution in [0.3, 0.4) is 0 Å². The van der Waals surface area contributed by atoms with Crippen LogP contribution in [0.25, 0.3) is 0 Å². The quantitative estimate of drug-likeness (QED) is 0.595. The molecule has 1 aromatic rings. The molecular weight excluding hydrogens is 372 g/mol. The van der Waals surface area contributed by atoms with E-state index < -0.39 is 14.9 Å². The van der Waals surface area contributed by atoms with Crippen molar-refractivity contribution in [3.63, 3.8) is 0 Å². The first-order valence-corrected chi connectivity index (χ1v) is 10.4. The monoisotopic (exact) mass is 396 g/mol. The van der Waals surface area contributed by atoms with Crippen molar-refractivity contribution < 1.29 is 18.1 Å². The Kier molecular flexibility index (Phi) is 5.50. The summed E-state index contributed by atoms with van der Waals surface area (Å²) in [5, 5.41) is 14.2. The normalized spacial score (nSPS) is 22.1. The molecule has 10 heteroatoms. The zero-order valence-electron chi connectivity index (χ0n) is 15.5. The largest absolute Gasteiger partial charge is 0.336 e. The minimum Gasteiger partial charge on any atom is -0.336 e. The van der Waals surface area contributed by atoms with E-state index in [0.29, 0.717) is 37.2 Å². The van der Waals surface area contributed by atoms with Crippen LogP contribution in [0.15, 0.2) is 17.0 Å². The number of piperazine rings is 1. The minimum atomic E-state index is -3.88. The summed E-state index contributed by atoms with van der Waals surface area (Å²) in [5.41, 5.74) is 0.845. The minimum absolute atomic E-state index is 0.0205. The van der Waals surface area contributed by atoms with E-state index >= 15 is 0 Å². The van der Waals surface area contributed by atoms with Gasteiger partial charge in [-0.25, -0.2) is 8.42 Å². The van der Waals surface area contributed by atoms with E-state index in [1.165, 1.54) is 10.4 Å². The Balaban J connectivity index is 1.91. The summed E-state index contributed by atoms with van der Waals surface area (Å²) in [6.45, 7) is 5.42. The zero-order chi connectivity index (χ0) is 19.8. The Morgan fingerprint density at radius 3 is 2.67 bits per heavy atom. The topological polar surface area (TPSA) is 113 Å². The van der Waals surface area contributed by atoms with Crippen LogP contribution in [-0.4, -0.2) is 67.2 Å². The molecule has 9 nitrogen and oxygen atoms in total. The number of hydrogen-bond donors (Lipinski definition) is 1. The number of amides is 1. The highest BCUT2D eigenvalue weighted by atomic mass is 32.2. The lowest BCUT2D eigenvalue weighted by molar-refractivity contribution is -0.385. The van der Waals surface area contributed by atoms with E-state index in [9.17, 15) is 23.3 Å². The molecule has 1 atom stereocenters. The van der Waals surface area contributed by atoms with Gasteiger partial charge in [-0.15, -0.1) is 0 Å². The number of benzene rings is 1. The number of carbonyl (C=O) groups excluding carboxylic acids is 1. The van der Waals surface area contributed by atoms with E-state index in [-0.39, 0.29) is 35.6 Å². The number of hydrogen-bond acceptors (Lipinski definition) is 6. The highest BCUT2D eigenvalue weighted by molar-refractivity contribution is 7.89. The summed E-state index contributed by atoms with van der Waals surface area (Å²) in [6.07, 6.45) is 1.40. The molecule has 1 aromatic carbocycles. The molecule has 148 valence electrons. The van der Waals surface area contributed by atoms with E-state index in [1.807, 2.05) is 0 Å². The maximum atomic E-state index is 13.2. The molecule has 2 aliphatic heterocycles. The number of nitrogens with zero attached hydrogens (tertiary/aromatic N) is 3. The van der Waals surface area contributed by atoms with Gasteiger partial charge in [0.25, 0.3) is 5.69 Å². The van der Waals surface area contributed by atoms with Gasteiger partial charge in [-0.3, -0.25) is 14.9 Å². The van der Waals surface area contributed by atoms with Gasteiger partial charge in [0.1, 0.15) is 0 Å². The summed E-state index contributed by atoms with van der Waals surface area (Å²) < 4.78 is 27.8. The lowest BCUT2D eigenvalue weighted by atomic mass is 10.1. The Morgan fingerprint density at radius 2 is 2.00 bits per heavy atom. The van der Waals surface area contributed by atoms with Crippen LogP contribution in [0.4, 0.5) is 5.69 Å². The molecule has 2 fully saturated rings. The van der Waals surface area contributed by atoms with Crippen molar-refractivity contribution in [3.05, 3.63) is 33.4 Å². The van der Waals surface area contributed by atoms with E-state index in [2.05, 4.69) is 5.32 Å². The molecule has 1 N–H and O–H groups in total. The molecule has 2 aliphatic rings. The molecule has 1 unspecified atom stereocenters. The Labute approximate surface area is 158 Å². The second-order valence-corrected chi connectivity index (χ2v) is 8.97. The van der Waals surface area contributed by atoms with Gasteiger partial charge in [0, 0.05) is 44.4 Å². The molecule has 0 radical (unpaired) electrons. The highest BCUT2D eigenvalue weighted by Gasteiger charge is 2.36. The third-order valence-corrected chi connectivity index (χ3v) is 7.35. The summed E-state index contributed by atoms with van der Waals surface area (Å²) in [4.78, 5) is 24.5. The number of non-ortho nitro benzene ring substituents is 1. The van der Waals surface area contributed by atoms with Crippen molar-refractivity contribution in [2.45, 2.75) is 37.6 Å². The van der Waals surface area contributed by atoms with E-state index in [0.717, 1.165) is 12.5 Å². The van der Waals surface area contributed by atoms with Gasteiger partial charge in [0.15, 0.2) is 0 Å². The molecule has 0 saturated carbocycles. The zero-order valence-corrected chi connectivity index (χ0v) is 16.3. The highest BCUT2D eigenvalue weighted by Crippen LogP contribution is 2.30. The van der Waals surface area contributed by atoms with Crippen molar-refractivity contribution in [1.29, 1.82) is 0 Å². The van der Waals surface area contributed by atoms with Gasteiger partial charge in [0.05, 0.1) is 16.4 Å². The Hall–Kier alpha value is -2.04. The first-order valence-electron chi connectivity index (χ1n) is 8.98. The summed E-state index contributed by atoms with van der Waals surface area (Å²) in [7, 11) is -3.88. The summed E-state index contributed by atoms with van der Waals surface area (Å²) >= 11 is 0. The van der Waals surface area contributed by atoms with Crippen molar-refractivity contribution in [1.82, 2.24) is 14.5 Å². The maximum Gasteiger partial charge on any atom is 0.271 e. The van der Waals surface area contributed by atoms with Crippen LogP contribution < -0.4 is 5.32 Å². The third-order valence-electron chi connectivity index (χ3n) is 5.36. The molecule has 2 heterocycles. The summed E-state index contributed by atoms with van der Waals surface area (Å²) in [5.74, 6) is -0.0205.